The molecule has 16 heteroatoms. The Morgan fingerprint density at radius 2 is 1.80 bits per heavy atom. The van der Waals surface area contributed by atoms with Crippen molar-refractivity contribution in [3.05, 3.63) is 89.9 Å². The monoisotopic (exact) mass is 758 g/mol. The lowest BCUT2D eigenvalue weighted by Gasteiger charge is -2.36. The molecule has 54 heavy (non-hydrogen) atoms. The average Bonchev–Trinajstić information content (AvgIpc) is 3.59. The van der Waals surface area contributed by atoms with Crippen molar-refractivity contribution in [2.24, 2.45) is 24.0 Å². The van der Waals surface area contributed by atoms with Crippen molar-refractivity contribution in [2.75, 3.05) is 19.6 Å². The molecular weight excluding hydrogens is 713 g/mol. The normalized spacial score (nSPS) is 17.1. The first-order valence-corrected chi connectivity index (χ1v) is 19.5. The first-order valence-electron chi connectivity index (χ1n) is 18.0. The highest BCUT2D eigenvalue weighted by molar-refractivity contribution is 7.89. The second kappa shape index (κ2) is 16.4. The molecule has 0 radical (unpaired) electrons. The van der Waals surface area contributed by atoms with Gasteiger partial charge < -0.3 is 25.1 Å². The summed E-state index contributed by atoms with van der Waals surface area (Å²) >= 11 is 0. The summed E-state index contributed by atoms with van der Waals surface area (Å²) in [6.07, 6.45) is 4.36. The van der Waals surface area contributed by atoms with E-state index in [9.17, 15) is 27.9 Å². The van der Waals surface area contributed by atoms with E-state index >= 15 is 0 Å². The molecule has 2 aliphatic rings. The number of aliphatic hydroxyl groups is 1. The van der Waals surface area contributed by atoms with Crippen LogP contribution in [0.1, 0.15) is 50.1 Å². The number of carbonyl (C=O) groups excluding carboxylic acids is 3. The maximum Gasteiger partial charge on any atom is 0.328 e. The van der Waals surface area contributed by atoms with Crippen molar-refractivity contribution in [2.45, 2.75) is 69.2 Å². The summed E-state index contributed by atoms with van der Waals surface area (Å²) in [6, 6.07) is 16.0. The number of sulfonamides is 1. The third-order valence-corrected chi connectivity index (χ3v) is 12.1. The molecule has 1 saturated carbocycles. The van der Waals surface area contributed by atoms with Gasteiger partial charge in [0.05, 0.1) is 29.8 Å². The van der Waals surface area contributed by atoms with E-state index < -0.39 is 52.0 Å². The van der Waals surface area contributed by atoms with Crippen LogP contribution in [0, 0.1) is 11.8 Å². The summed E-state index contributed by atoms with van der Waals surface area (Å²) in [6.45, 7) is 3.02. The molecular formula is C38H46N8O7S. The lowest BCUT2D eigenvalue weighted by Crippen LogP contribution is -2.57. The van der Waals surface area contributed by atoms with Crippen LogP contribution in [0.25, 0.3) is 11.2 Å². The fourth-order valence-electron chi connectivity index (χ4n) is 7.02. The molecule has 4 aromatic rings. The number of carbonyl (C=O) groups is 3. The Kier molecular flexibility index (Phi) is 11.7. The third kappa shape index (κ3) is 8.30. The zero-order chi connectivity index (χ0) is 38.6. The highest BCUT2D eigenvalue weighted by Gasteiger charge is 2.45. The topological polar surface area (TPSA) is 191 Å². The van der Waals surface area contributed by atoms with Crippen molar-refractivity contribution < 1.29 is 33.1 Å². The molecule has 4 amide bonds. The summed E-state index contributed by atoms with van der Waals surface area (Å²) in [5, 5.41) is 26.7. The van der Waals surface area contributed by atoms with Crippen LogP contribution in [-0.4, -0.2) is 109 Å². The van der Waals surface area contributed by atoms with Gasteiger partial charge in [-0.15, -0.1) is 0 Å². The van der Waals surface area contributed by atoms with E-state index in [1.54, 1.807) is 43.8 Å². The van der Waals surface area contributed by atoms with Gasteiger partial charge >= 0.3 is 6.03 Å². The number of fused-ring (bicyclic) bond motifs is 1. The number of pyridine rings is 1. The van der Waals surface area contributed by atoms with Crippen LogP contribution >= 0.6 is 0 Å². The molecule has 3 heterocycles. The Balaban J connectivity index is 1.23. The minimum atomic E-state index is -4.09. The van der Waals surface area contributed by atoms with Crippen molar-refractivity contribution in [3.8, 4) is 0 Å². The number of amides is 4. The molecule has 2 fully saturated rings. The molecule has 6 rings (SSSR count). The van der Waals surface area contributed by atoms with Crippen molar-refractivity contribution in [1.82, 2.24) is 34.0 Å². The molecule has 1 aliphatic carbocycles. The number of hydrogen-bond donors (Lipinski definition) is 3. The van der Waals surface area contributed by atoms with Gasteiger partial charge in [0.15, 0.2) is 5.65 Å². The van der Waals surface area contributed by atoms with E-state index in [0.29, 0.717) is 22.6 Å². The van der Waals surface area contributed by atoms with E-state index in [1.165, 1.54) is 39.7 Å². The van der Waals surface area contributed by atoms with Crippen molar-refractivity contribution >= 4 is 45.2 Å². The molecule has 0 bridgehead atoms. The van der Waals surface area contributed by atoms with E-state index in [-0.39, 0.29) is 43.4 Å². The van der Waals surface area contributed by atoms with Crippen molar-refractivity contribution in [1.29, 1.82) is 0 Å². The second-order valence-corrected chi connectivity index (χ2v) is 16.3. The Morgan fingerprint density at radius 3 is 2.43 bits per heavy atom. The highest BCUT2D eigenvalue weighted by atomic mass is 32.2. The summed E-state index contributed by atoms with van der Waals surface area (Å²) < 4.78 is 31.1. The number of aromatic nitrogens is 3. The van der Waals surface area contributed by atoms with Crippen LogP contribution in [0.3, 0.4) is 0 Å². The zero-order valence-corrected chi connectivity index (χ0v) is 31.3. The number of imide groups is 1. The molecule has 286 valence electrons. The van der Waals surface area contributed by atoms with Gasteiger partial charge in [0.25, 0.3) is 5.91 Å². The van der Waals surface area contributed by atoms with E-state index in [2.05, 4.69) is 20.4 Å². The standard InChI is InChI=1S/C38H46N8O7S/c1-25(2)35(46-24-34(48)45(38(46)50)23-33-41-30-13-8-18-39-36(30)43(33)3)37(49)42-31(19-26-9-5-4-6-10-26)32(47)22-44(21-28-11-7-12-28)54(52,53)29-16-14-27(15-17-29)20-40-51/h4-6,8-10,13-18,20,25,28,31-32,35,47,51H,7,11-12,19,21-24H2,1-3H3,(H,42,49)/b40-20+/t31-,32+,35-/m0/s1. The molecule has 2 aromatic carbocycles. The number of aliphatic hydroxyl groups excluding tert-OH is 1. The predicted octanol–water partition coefficient (Wildman–Crippen LogP) is 3.14. The highest BCUT2D eigenvalue weighted by Crippen LogP contribution is 2.30. The summed E-state index contributed by atoms with van der Waals surface area (Å²) in [5.41, 5.74) is 2.54. The summed E-state index contributed by atoms with van der Waals surface area (Å²) in [4.78, 5) is 52.6. The van der Waals surface area contributed by atoms with Gasteiger partial charge in [0.2, 0.25) is 15.9 Å². The predicted molar refractivity (Wildman–Crippen MR) is 200 cm³/mol. The molecule has 1 aliphatic heterocycles. The Morgan fingerprint density at radius 1 is 1.07 bits per heavy atom. The van der Waals surface area contributed by atoms with Gasteiger partial charge in [0, 0.05) is 26.3 Å². The van der Waals surface area contributed by atoms with E-state index in [1.807, 2.05) is 30.3 Å². The van der Waals surface area contributed by atoms with Gasteiger partial charge in [-0.1, -0.05) is 67.9 Å². The maximum atomic E-state index is 14.3. The summed E-state index contributed by atoms with van der Waals surface area (Å²) in [7, 11) is -2.33. The van der Waals surface area contributed by atoms with Crippen LogP contribution in [-0.2, 0) is 39.6 Å². The quantitative estimate of drug-likeness (QED) is 0.0667. The number of oxime groups is 1. The second-order valence-electron chi connectivity index (χ2n) is 14.3. The number of imidazole rings is 1. The Bertz CT molecular complexity index is 2100. The minimum Gasteiger partial charge on any atom is -0.411 e. The van der Waals surface area contributed by atoms with E-state index in [4.69, 9.17) is 5.21 Å². The number of nitrogens with zero attached hydrogens (tertiary/aromatic N) is 7. The van der Waals surface area contributed by atoms with Crippen molar-refractivity contribution in [3.63, 3.8) is 0 Å². The van der Waals surface area contributed by atoms with E-state index in [0.717, 1.165) is 29.7 Å². The third-order valence-electron chi connectivity index (χ3n) is 10.2. The van der Waals surface area contributed by atoms with Gasteiger partial charge in [-0.3, -0.25) is 14.5 Å². The first-order chi connectivity index (χ1) is 25.9. The lowest BCUT2D eigenvalue weighted by atomic mass is 9.85. The van der Waals surface area contributed by atoms with Crippen LogP contribution < -0.4 is 5.32 Å². The molecule has 15 nitrogen and oxygen atoms in total. The SMILES string of the molecule is CC(C)[C@@H](C(=O)N[C@@H](Cc1ccccc1)[C@H](O)CN(CC1CCC1)S(=O)(=O)c1ccc(/C=N/O)cc1)N1CC(=O)N(Cc2nc3cccnc3n2C)C1=O. The van der Waals surface area contributed by atoms with Crippen LogP contribution in [0.2, 0.25) is 0 Å². The number of hydrogen-bond acceptors (Lipinski definition) is 10. The number of benzene rings is 2. The smallest absolute Gasteiger partial charge is 0.328 e. The van der Waals surface area contributed by atoms with Gasteiger partial charge in [-0.05, 0) is 66.5 Å². The Labute approximate surface area is 314 Å². The van der Waals surface area contributed by atoms with Gasteiger partial charge in [-0.25, -0.2) is 23.2 Å². The van der Waals surface area contributed by atoms with Gasteiger partial charge in [0.1, 0.15) is 23.9 Å². The largest absolute Gasteiger partial charge is 0.411 e. The van der Waals surface area contributed by atoms with Crippen LogP contribution in [0.4, 0.5) is 4.79 Å². The number of urea groups is 1. The molecule has 0 spiro atoms. The molecule has 2 aromatic heterocycles. The number of rotatable bonds is 16. The van der Waals surface area contributed by atoms with Crippen LogP contribution in [0.15, 0.2) is 83.0 Å². The molecule has 3 atom stereocenters. The first kappa shape index (κ1) is 38.5. The van der Waals surface area contributed by atoms with Gasteiger partial charge in [-0.2, -0.15) is 4.31 Å². The number of aryl methyl sites for hydroxylation is 1. The summed E-state index contributed by atoms with van der Waals surface area (Å²) in [5.74, 6) is -0.893. The molecule has 1 saturated heterocycles. The fourth-order valence-corrected chi connectivity index (χ4v) is 8.56. The maximum absolute atomic E-state index is 14.3. The Hall–Kier alpha value is -5.19. The fraction of sp³-hybridized carbons (Fsp3) is 0.421. The lowest BCUT2D eigenvalue weighted by molar-refractivity contribution is -0.129. The molecule has 3 N–H and O–H groups in total. The zero-order valence-electron chi connectivity index (χ0n) is 30.5. The average molecular weight is 759 g/mol. The molecule has 0 unspecified atom stereocenters. The van der Waals surface area contributed by atoms with Crippen LogP contribution in [0.5, 0.6) is 0 Å². The number of nitrogens with one attached hydrogen (secondary N) is 1. The minimum absolute atomic E-state index is 0.0179.